The summed E-state index contributed by atoms with van der Waals surface area (Å²) in [4.78, 5) is 6.56. The molecular weight excluding hydrogens is 302 g/mol. The first-order chi connectivity index (χ1) is 11.7. The third kappa shape index (κ3) is 4.28. The minimum atomic E-state index is 0.0891. The van der Waals surface area contributed by atoms with Crippen LogP contribution in [0.4, 0.5) is 0 Å². The van der Waals surface area contributed by atoms with Gasteiger partial charge >= 0.3 is 0 Å². The first-order valence-corrected chi connectivity index (χ1v) is 8.01. The third-order valence-electron chi connectivity index (χ3n) is 3.80. The summed E-state index contributed by atoms with van der Waals surface area (Å²) >= 11 is 0. The van der Waals surface area contributed by atoms with Gasteiger partial charge in [-0.25, -0.2) is 0 Å². The van der Waals surface area contributed by atoms with E-state index in [1.165, 1.54) is 11.1 Å². The molecule has 5 nitrogen and oxygen atoms in total. The second-order valence-corrected chi connectivity index (χ2v) is 5.80. The van der Waals surface area contributed by atoms with Gasteiger partial charge in [0.25, 0.3) is 0 Å². The average molecular weight is 323 g/mol. The largest absolute Gasteiger partial charge is 0.395 e. The van der Waals surface area contributed by atoms with Gasteiger partial charge in [-0.2, -0.15) is 4.98 Å². The molecule has 0 fully saturated rings. The van der Waals surface area contributed by atoms with Crippen molar-refractivity contribution in [3.05, 3.63) is 71.6 Å². The van der Waals surface area contributed by atoms with Crippen LogP contribution >= 0.6 is 0 Å². The normalized spacial score (nSPS) is 11.1. The predicted molar refractivity (Wildman–Crippen MR) is 92.1 cm³/mol. The van der Waals surface area contributed by atoms with Gasteiger partial charge in [0, 0.05) is 18.7 Å². The Morgan fingerprint density at radius 2 is 1.75 bits per heavy atom. The third-order valence-corrected chi connectivity index (χ3v) is 3.80. The van der Waals surface area contributed by atoms with E-state index in [1.807, 2.05) is 49.4 Å². The Morgan fingerprint density at radius 3 is 2.46 bits per heavy atom. The molecule has 1 heterocycles. The van der Waals surface area contributed by atoms with Gasteiger partial charge in [0.1, 0.15) is 0 Å². The van der Waals surface area contributed by atoms with Crippen LogP contribution in [0, 0.1) is 6.92 Å². The molecule has 3 rings (SSSR count). The Labute approximate surface area is 141 Å². The fourth-order valence-corrected chi connectivity index (χ4v) is 2.53. The fourth-order valence-electron chi connectivity index (χ4n) is 2.53. The number of aromatic nitrogens is 2. The van der Waals surface area contributed by atoms with Crippen molar-refractivity contribution in [1.82, 2.24) is 15.0 Å². The second-order valence-electron chi connectivity index (χ2n) is 5.80. The molecule has 2 aromatic carbocycles. The summed E-state index contributed by atoms with van der Waals surface area (Å²) in [5.41, 5.74) is 3.32. The summed E-state index contributed by atoms with van der Waals surface area (Å²) in [6.07, 6.45) is 0. The fraction of sp³-hybridized carbons (Fsp3) is 0.263. The first-order valence-electron chi connectivity index (χ1n) is 8.01. The lowest BCUT2D eigenvalue weighted by Crippen LogP contribution is -2.26. The van der Waals surface area contributed by atoms with Crippen molar-refractivity contribution in [3.63, 3.8) is 0 Å². The van der Waals surface area contributed by atoms with Crippen molar-refractivity contribution >= 4 is 0 Å². The highest BCUT2D eigenvalue weighted by molar-refractivity contribution is 5.54. The molecule has 0 saturated carbocycles. The van der Waals surface area contributed by atoms with Crippen molar-refractivity contribution in [1.29, 1.82) is 0 Å². The molecule has 0 amide bonds. The maximum atomic E-state index is 9.29. The van der Waals surface area contributed by atoms with Crippen molar-refractivity contribution < 1.29 is 9.63 Å². The van der Waals surface area contributed by atoms with Crippen LogP contribution in [-0.4, -0.2) is 33.3 Å². The molecule has 24 heavy (non-hydrogen) atoms. The van der Waals surface area contributed by atoms with E-state index in [1.54, 1.807) is 0 Å². The van der Waals surface area contributed by atoms with Crippen molar-refractivity contribution in [2.75, 3.05) is 13.2 Å². The van der Waals surface area contributed by atoms with Crippen LogP contribution < -0.4 is 0 Å². The zero-order valence-electron chi connectivity index (χ0n) is 13.7. The molecule has 5 heteroatoms. The van der Waals surface area contributed by atoms with Gasteiger partial charge in [-0.15, -0.1) is 0 Å². The van der Waals surface area contributed by atoms with E-state index in [2.05, 4.69) is 27.2 Å². The maximum absolute atomic E-state index is 9.29. The number of aliphatic hydroxyl groups is 1. The van der Waals surface area contributed by atoms with Gasteiger partial charge in [-0.1, -0.05) is 65.3 Å². The predicted octanol–water partition coefficient (Wildman–Crippen LogP) is 3.04. The Balaban J connectivity index is 1.70. The van der Waals surface area contributed by atoms with Crippen LogP contribution in [0.15, 0.2) is 59.1 Å². The molecule has 0 radical (unpaired) electrons. The molecule has 0 unspecified atom stereocenters. The van der Waals surface area contributed by atoms with Gasteiger partial charge in [-0.3, -0.25) is 4.90 Å². The number of rotatable bonds is 7. The summed E-state index contributed by atoms with van der Waals surface area (Å²) in [5.74, 6) is 1.14. The lowest BCUT2D eigenvalue weighted by Gasteiger charge is -2.19. The van der Waals surface area contributed by atoms with Crippen molar-refractivity contribution in [3.8, 4) is 11.4 Å². The minimum Gasteiger partial charge on any atom is -0.395 e. The molecule has 0 bridgehead atoms. The van der Waals surface area contributed by atoms with Gasteiger partial charge in [0.05, 0.1) is 13.2 Å². The van der Waals surface area contributed by atoms with E-state index < -0.39 is 0 Å². The van der Waals surface area contributed by atoms with Gasteiger partial charge in [-0.05, 0) is 12.5 Å². The molecular formula is C19H21N3O2. The van der Waals surface area contributed by atoms with E-state index in [9.17, 15) is 5.11 Å². The Bertz CT molecular complexity index is 754. The number of hydrogen-bond acceptors (Lipinski definition) is 5. The zero-order chi connectivity index (χ0) is 16.8. The summed E-state index contributed by atoms with van der Waals surface area (Å²) in [6, 6.07) is 18.2. The number of aryl methyl sites for hydroxylation is 1. The SMILES string of the molecule is Cc1ccc(-c2noc(CN(CCO)Cc3ccccc3)n2)cc1. The van der Waals surface area contributed by atoms with E-state index >= 15 is 0 Å². The number of benzene rings is 2. The monoisotopic (exact) mass is 323 g/mol. The number of nitrogens with zero attached hydrogens (tertiary/aromatic N) is 3. The van der Waals surface area contributed by atoms with E-state index in [4.69, 9.17) is 4.52 Å². The molecule has 0 atom stereocenters. The van der Waals surface area contributed by atoms with Crippen molar-refractivity contribution in [2.45, 2.75) is 20.0 Å². The highest BCUT2D eigenvalue weighted by atomic mass is 16.5. The average Bonchev–Trinajstić information content (AvgIpc) is 3.05. The van der Waals surface area contributed by atoms with Gasteiger partial charge in [0.15, 0.2) is 0 Å². The lowest BCUT2D eigenvalue weighted by atomic mass is 10.1. The molecule has 0 aliphatic heterocycles. The maximum Gasteiger partial charge on any atom is 0.241 e. The number of aliphatic hydroxyl groups excluding tert-OH is 1. The van der Waals surface area contributed by atoms with Crippen LogP contribution in [0.1, 0.15) is 17.0 Å². The van der Waals surface area contributed by atoms with Gasteiger partial charge < -0.3 is 9.63 Å². The van der Waals surface area contributed by atoms with Crippen LogP contribution in [0.25, 0.3) is 11.4 Å². The second kappa shape index (κ2) is 7.86. The van der Waals surface area contributed by atoms with Crippen LogP contribution in [0.3, 0.4) is 0 Å². The Hall–Kier alpha value is -2.50. The standard InChI is InChI=1S/C19H21N3O2/c1-15-7-9-17(10-8-15)19-20-18(24-21-19)14-22(11-12-23)13-16-5-3-2-4-6-16/h2-10,23H,11-14H2,1H3. The number of hydrogen-bond donors (Lipinski definition) is 1. The summed E-state index contributed by atoms with van der Waals surface area (Å²) in [6.45, 7) is 3.92. The van der Waals surface area contributed by atoms with E-state index in [0.717, 1.165) is 12.1 Å². The Kier molecular flexibility index (Phi) is 5.36. The molecule has 3 aromatic rings. The van der Waals surface area contributed by atoms with Gasteiger partial charge in [0.2, 0.25) is 11.7 Å². The molecule has 1 aromatic heterocycles. The summed E-state index contributed by atoms with van der Waals surface area (Å²) in [5, 5.41) is 13.4. The molecule has 0 saturated heterocycles. The summed E-state index contributed by atoms with van der Waals surface area (Å²) < 4.78 is 5.38. The van der Waals surface area contributed by atoms with Crippen LogP contribution in [0.2, 0.25) is 0 Å². The highest BCUT2D eigenvalue weighted by Gasteiger charge is 2.13. The lowest BCUT2D eigenvalue weighted by molar-refractivity contribution is 0.167. The highest BCUT2D eigenvalue weighted by Crippen LogP contribution is 2.17. The summed E-state index contributed by atoms with van der Waals surface area (Å²) in [7, 11) is 0. The first kappa shape index (κ1) is 16.4. The smallest absolute Gasteiger partial charge is 0.241 e. The van der Waals surface area contributed by atoms with E-state index in [0.29, 0.717) is 24.8 Å². The van der Waals surface area contributed by atoms with E-state index in [-0.39, 0.29) is 6.61 Å². The van der Waals surface area contributed by atoms with Crippen LogP contribution in [-0.2, 0) is 13.1 Å². The molecule has 124 valence electrons. The Morgan fingerprint density at radius 1 is 1.00 bits per heavy atom. The molecule has 0 spiro atoms. The van der Waals surface area contributed by atoms with Crippen molar-refractivity contribution in [2.24, 2.45) is 0 Å². The molecule has 0 aliphatic rings. The van der Waals surface area contributed by atoms with Crippen LogP contribution in [0.5, 0.6) is 0 Å². The topological polar surface area (TPSA) is 62.4 Å². The minimum absolute atomic E-state index is 0.0891. The molecule has 1 N–H and O–H groups in total. The quantitative estimate of drug-likeness (QED) is 0.724. The zero-order valence-corrected chi connectivity index (χ0v) is 13.7. The molecule has 0 aliphatic carbocycles.